The van der Waals surface area contributed by atoms with E-state index in [4.69, 9.17) is 18.9 Å². The minimum Gasteiger partial charge on any atom is -0.497 e. The van der Waals surface area contributed by atoms with Gasteiger partial charge in [0, 0.05) is 35.0 Å². The van der Waals surface area contributed by atoms with Crippen LogP contribution < -0.4 is 18.9 Å². The van der Waals surface area contributed by atoms with Crippen LogP contribution in [0.3, 0.4) is 0 Å². The number of ether oxygens (including phenoxy) is 4. The molecular formula is C26H23N3O7. The zero-order valence-corrected chi connectivity index (χ0v) is 20.1. The topological polar surface area (TPSA) is 115 Å². The highest BCUT2D eigenvalue weighted by Gasteiger charge is 2.22. The van der Waals surface area contributed by atoms with Gasteiger partial charge < -0.3 is 18.9 Å². The summed E-state index contributed by atoms with van der Waals surface area (Å²) < 4.78 is 22.9. The third kappa shape index (κ3) is 4.56. The van der Waals surface area contributed by atoms with E-state index >= 15 is 0 Å². The van der Waals surface area contributed by atoms with Gasteiger partial charge >= 0.3 is 0 Å². The van der Waals surface area contributed by atoms with E-state index in [1.54, 1.807) is 25.4 Å². The number of carbonyl (C=O) groups excluding carboxylic acids is 1. The zero-order valence-electron chi connectivity index (χ0n) is 20.1. The number of carbonyl (C=O) groups is 1. The summed E-state index contributed by atoms with van der Waals surface area (Å²) >= 11 is 0. The molecule has 10 heteroatoms. The maximum absolute atomic E-state index is 13.2. The number of hydrogen-bond donors (Lipinski definition) is 0. The number of nitrogens with zero attached hydrogens (tertiary/aromatic N) is 3. The Morgan fingerprint density at radius 3 is 1.94 bits per heavy atom. The average Bonchev–Trinajstić information content (AvgIpc) is 3.37. The highest BCUT2D eigenvalue weighted by Crippen LogP contribution is 2.43. The first-order valence-electron chi connectivity index (χ1n) is 10.7. The normalized spacial score (nSPS) is 10.6. The summed E-state index contributed by atoms with van der Waals surface area (Å²) in [4.78, 5) is 23.7. The van der Waals surface area contributed by atoms with Gasteiger partial charge in [-0.3, -0.25) is 14.9 Å². The summed E-state index contributed by atoms with van der Waals surface area (Å²) in [7, 11) is 6.13. The second-order valence-corrected chi connectivity index (χ2v) is 7.59. The minimum absolute atomic E-state index is 0.107. The number of nitro benzene ring substituents is 1. The molecule has 4 aromatic rings. The van der Waals surface area contributed by atoms with Gasteiger partial charge in [-0.15, -0.1) is 0 Å². The Kier molecular flexibility index (Phi) is 6.86. The first kappa shape index (κ1) is 24.3. The minimum atomic E-state index is -0.521. The molecule has 0 spiro atoms. The van der Waals surface area contributed by atoms with Crippen molar-refractivity contribution in [3.05, 3.63) is 82.5 Å². The maximum atomic E-state index is 13.2. The van der Waals surface area contributed by atoms with Crippen molar-refractivity contribution in [2.75, 3.05) is 28.4 Å². The van der Waals surface area contributed by atoms with Crippen molar-refractivity contribution in [3.8, 4) is 45.4 Å². The molecule has 0 saturated carbocycles. The van der Waals surface area contributed by atoms with Crippen LogP contribution in [0.5, 0.6) is 23.0 Å². The predicted octanol–water partition coefficient (Wildman–Crippen LogP) is 4.85. The van der Waals surface area contributed by atoms with Crippen LogP contribution in [0.25, 0.3) is 22.4 Å². The van der Waals surface area contributed by atoms with E-state index < -0.39 is 10.8 Å². The number of rotatable bonds is 8. The molecule has 0 fully saturated rings. The Labute approximate surface area is 206 Å². The molecule has 0 atom stereocenters. The SMILES string of the molecule is COc1ccc(-c2cn(C(=O)c3ccc([N+](=O)[O-])cc3)nc2-c2cc(OC)c(OC)c(OC)c2)cc1. The van der Waals surface area contributed by atoms with E-state index in [-0.39, 0.29) is 11.3 Å². The summed E-state index contributed by atoms with van der Waals surface area (Å²) in [5.41, 5.74) is 2.73. The van der Waals surface area contributed by atoms with Gasteiger partial charge in [0.2, 0.25) is 5.75 Å². The molecule has 0 saturated heterocycles. The molecule has 1 aromatic heterocycles. The Bertz CT molecular complexity index is 1390. The summed E-state index contributed by atoms with van der Waals surface area (Å²) in [6.45, 7) is 0. The van der Waals surface area contributed by atoms with Crippen molar-refractivity contribution in [2.45, 2.75) is 0 Å². The molecule has 4 rings (SSSR count). The fourth-order valence-corrected chi connectivity index (χ4v) is 3.75. The smallest absolute Gasteiger partial charge is 0.278 e. The quantitative estimate of drug-likeness (QED) is 0.255. The van der Waals surface area contributed by atoms with Crippen LogP contribution in [0.2, 0.25) is 0 Å². The molecule has 0 N–H and O–H groups in total. The Hall–Kier alpha value is -4.86. The molecule has 0 aliphatic rings. The fraction of sp³-hybridized carbons (Fsp3) is 0.154. The Morgan fingerprint density at radius 1 is 0.833 bits per heavy atom. The van der Waals surface area contributed by atoms with Gasteiger partial charge in [0.25, 0.3) is 11.6 Å². The number of nitro groups is 1. The molecule has 0 radical (unpaired) electrons. The van der Waals surface area contributed by atoms with E-state index in [1.165, 1.54) is 50.3 Å². The molecule has 0 amide bonds. The van der Waals surface area contributed by atoms with Gasteiger partial charge in [-0.25, -0.2) is 4.68 Å². The molecule has 36 heavy (non-hydrogen) atoms. The van der Waals surface area contributed by atoms with Crippen molar-refractivity contribution >= 4 is 11.6 Å². The standard InChI is InChI=1S/C26H23N3O7/c1-33-20-11-7-16(8-12-20)21-15-28(26(30)17-5-9-19(10-6-17)29(31)32)27-24(21)18-13-22(34-2)25(36-4)23(14-18)35-3/h5-15H,1-4H3. The molecule has 0 aliphatic carbocycles. The molecule has 10 nitrogen and oxygen atoms in total. The Morgan fingerprint density at radius 2 is 1.44 bits per heavy atom. The van der Waals surface area contributed by atoms with E-state index in [1.807, 2.05) is 24.3 Å². The highest BCUT2D eigenvalue weighted by molar-refractivity contribution is 5.97. The van der Waals surface area contributed by atoms with E-state index in [0.717, 1.165) is 5.56 Å². The molecule has 0 bridgehead atoms. The van der Waals surface area contributed by atoms with Gasteiger partial charge in [0.1, 0.15) is 11.4 Å². The first-order chi connectivity index (χ1) is 17.4. The fourth-order valence-electron chi connectivity index (χ4n) is 3.75. The van der Waals surface area contributed by atoms with Crippen molar-refractivity contribution in [2.24, 2.45) is 0 Å². The van der Waals surface area contributed by atoms with Gasteiger partial charge in [-0.05, 0) is 42.0 Å². The molecule has 1 heterocycles. The van der Waals surface area contributed by atoms with Crippen LogP contribution in [-0.2, 0) is 0 Å². The number of non-ortho nitro benzene ring substituents is 1. The van der Waals surface area contributed by atoms with Crippen LogP contribution in [0, 0.1) is 10.1 Å². The van der Waals surface area contributed by atoms with Crippen molar-refractivity contribution in [1.82, 2.24) is 9.78 Å². The average molecular weight is 489 g/mol. The second kappa shape index (κ2) is 10.2. The molecule has 0 unspecified atom stereocenters. The van der Waals surface area contributed by atoms with Crippen LogP contribution in [-0.4, -0.2) is 49.1 Å². The lowest BCUT2D eigenvalue weighted by Gasteiger charge is -2.14. The van der Waals surface area contributed by atoms with Gasteiger partial charge in [-0.1, -0.05) is 12.1 Å². The van der Waals surface area contributed by atoms with Crippen molar-refractivity contribution in [3.63, 3.8) is 0 Å². The van der Waals surface area contributed by atoms with E-state index in [9.17, 15) is 14.9 Å². The number of hydrogen-bond acceptors (Lipinski definition) is 8. The largest absolute Gasteiger partial charge is 0.497 e. The number of methoxy groups -OCH3 is 4. The molecule has 0 aliphatic heterocycles. The molecular weight excluding hydrogens is 466 g/mol. The van der Waals surface area contributed by atoms with Crippen LogP contribution in [0.4, 0.5) is 5.69 Å². The summed E-state index contributed by atoms with van der Waals surface area (Å²) in [6, 6.07) is 16.2. The number of aromatic nitrogens is 2. The Balaban J connectivity index is 1.87. The third-order valence-corrected chi connectivity index (χ3v) is 5.59. The van der Waals surface area contributed by atoms with Gasteiger partial charge in [0.05, 0.1) is 33.4 Å². The predicted molar refractivity (Wildman–Crippen MR) is 132 cm³/mol. The summed E-state index contributed by atoms with van der Waals surface area (Å²) in [6.07, 6.45) is 1.62. The summed E-state index contributed by atoms with van der Waals surface area (Å²) in [5.74, 6) is 1.53. The van der Waals surface area contributed by atoms with Crippen molar-refractivity contribution in [1.29, 1.82) is 0 Å². The van der Waals surface area contributed by atoms with Crippen molar-refractivity contribution < 1.29 is 28.7 Å². The maximum Gasteiger partial charge on any atom is 0.278 e. The number of benzene rings is 3. The lowest BCUT2D eigenvalue weighted by Crippen LogP contribution is -2.12. The lowest BCUT2D eigenvalue weighted by molar-refractivity contribution is -0.384. The van der Waals surface area contributed by atoms with Gasteiger partial charge in [0.15, 0.2) is 11.5 Å². The lowest BCUT2D eigenvalue weighted by atomic mass is 10.0. The summed E-state index contributed by atoms with van der Waals surface area (Å²) in [5, 5.41) is 15.6. The third-order valence-electron chi connectivity index (χ3n) is 5.59. The molecule has 3 aromatic carbocycles. The molecule has 184 valence electrons. The van der Waals surface area contributed by atoms with E-state index in [0.29, 0.717) is 39.8 Å². The van der Waals surface area contributed by atoms with Crippen LogP contribution in [0.15, 0.2) is 66.9 Å². The van der Waals surface area contributed by atoms with Crippen LogP contribution in [0.1, 0.15) is 10.4 Å². The monoisotopic (exact) mass is 489 g/mol. The zero-order chi connectivity index (χ0) is 25.8. The first-order valence-corrected chi connectivity index (χ1v) is 10.7. The highest BCUT2D eigenvalue weighted by atomic mass is 16.6. The van der Waals surface area contributed by atoms with Crippen LogP contribution >= 0.6 is 0 Å². The van der Waals surface area contributed by atoms with E-state index in [2.05, 4.69) is 5.10 Å². The second-order valence-electron chi connectivity index (χ2n) is 7.59. The van der Waals surface area contributed by atoms with Gasteiger partial charge in [-0.2, -0.15) is 5.10 Å².